The topological polar surface area (TPSA) is 101 Å². The van der Waals surface area contributed by atoms with Crippen molar-refractivity contribution >= 4 is 23.3 Å². The van der Waals surface area contributed by atoms with Gasteiger partial charge in [0.1, 0.15) is 0 Å². The van der Waals surface area contributed by atoms with Crippen LogP contribution in [0.1, 0.15) is 37.9 Å². The number of aryl methyl sites for hydroxylation is 2. The number of hydrogen-bond donors (Lipinski definition) is 2. The molecule has 0 saturated carbocycles. The van der Waals surface area contributed by atoms with E-state index < -0.39 is 23.4 Å². The number of carbonyl (C=O) groups is 2. The van der Waals surface area contributed by atoms with Crippen LogP contribution in [-0.2, 0) is 12.8 Å². The van der Waals surface area contributed by atoms with Crippen LogP contribution >= 0.6 is 11.3 Å². The number of aromatic carboxylic acids is 2. The van der Waals surface area contributed by atoms with Crippen LogP contribution in [-0.4, -0.2) is 27.1 Å². The summed E-state index contributed by atoms with van der Waals surface area (Å²) >= 11 is 1.48. The molecule has 6 nitrogen and oxygen atoms in total. The molecule has 0 aliphatic heterocycles. The Morgan fingerprint density at radius 1 is 1.26 bits per heavy atom. The lowest BCUT2D eigenvalue weighted by Crippen LogP contribution is -2.05. The first kappa shape index (κ1) is 11.9. The summed E-state index contributed by atoms with van der Waals surface area (Å²) in [6.07, 6.45) is 3.11. The highest BCUT2D eigenvalue weighted by Gasteiger charge is 2.27. The smallest absolute Gasteiger partial charge is 0.374 e. The molecule has 2 aromatic rings. The van der Waals surface area contributed by atoms with E-state index in [9.17, 15) is 9.59 Å². The predicted molar refractivity (Wildman–Crippen MR) is 65.8 cm³/mol. The van der Waals surface area contributed by atoms with Gasteiger partial charge in [-0.15, -0.1) is 11.3 Å². The van der Waals surface area contributed by atoms with Gasteiger partial charge in [0, 0.05) is 4.88 Å². The molecule has 0 saturated heterocycles. The number of rotatable bonds is 3. The van der Waals surface area contributed by atoms with Crippen molar-refractivity contribution in [3.05, 3.63) is 28.0 Å². The zero-order valence-electron chi connectivity index (χ0n) is 9.67. The fourth-order valence-corrected chi connectivity index (χ4v) is 3.33. The minimum atomic E-state index is -1.43. The van der Waals surface area contributed by atoms with Crippen molar-refractivity contribution in [3.63, 3.8) is 0 Å². The Hall–Kier alpha value is -2.15. The molecule has 0 radical (unpaired) electrons. The highest BCUT2D eigenvalue weighted by atomic mass is 32.1. The molecule has 0 spiro atoms. The molecule has 0 aromatic carbocycles. The second-order valence-electron chi connectivity index (χ2n) is 4.22. The van der Waals surface area contributed by atoms with Crippen LogP contribution in [0.5, 0.6) is 0 Å². The first-order chi connectivity index (χ1) is 9.06. The fraction of sp³-hybridized carbons (Fsp3) is 0.250. The highest BCUT2D eigenvalue weighted by molar-refractivity contribution is 7.15. The molecule has 3 rings (SSSR count). The van der Waals surface area contributed by atoms with Crippen LogP contribution < -0.4 is 0 Å². The number of fused-ring (bicyclic) bond motifs is 1. The van der Waals surface area contributed by atoms with Gasteiger partial charge in [0.25, 0.3) is 0 Å². The van der Waals surface area contributed by atoms with Crippen molar-refractivity contribution in [3.8, 4) is 10.8 Å². The molecule has 0 bridgehead atoms. The van der Waals surface area contributed by atoms with Crippen LogP contribution in [0.15, 0.2) is 10.5 Å². The number of oxazole rings is 1. The SMILES string of the molecule is O=C(O)c1nc(-c2cc3c(s2)CCC3)oc1C(=O)O. The maximum atomic E-state index is 10.9. The number of nitrogens with zero attached hydrogens (tertiary/aromatic N) is 1. The molecule has 2 aromatic heterocycles. The van der Waals surface area contributed by atoms with Gasteiger partial charge >= 0.3 is 11.9 Å². The molecule has 19 heavy (non-hydrogen) atoms. The average molecular weight is 279 g/mol. The van der Waals surface area contributed by atoms with E-state index >= 15 is 0 Å². The molecular formula is C12H9NO5S. The number of carboxylic acids is 2. The van der Waals surface area contributed by atoms with Crippen LogP contribution in [0.3, 0.4) is 0 Å². The zero-order chi connectivity index (χ0) is 13.6. The Morgan fingerprint density at radius 3 is 2.63 bits per heavy atom. The van der Waals surface area contributed by atoms with Gasteiger partial charge < -0.3 is 14.6 Å². The molecular weight excluding hydrogens is 270 g/mol. The molecule has 0 fully saturated rings. The van der Waals surface area contributed by atoms with Gasteiger partial charge in [-0.05, 0) is 30.9 Å². The number of aromatic nitrogens is 1. The molecule has 98 valence electrons. The lowest BCUT2D eigenvalue weighted by molar-refractivity contribution is 0.0624. The number of thiophene rings is 1. The van der Waals surface area contributed by atoms with Gasteiger partial charge in [-0.1, -0.05) is 0 Å². The molecule has 0 unspecified atom stereocenters. The summed E-state index contributed by atoms with van der Waals surface area (Å²) < 4.78 is 5.08. The van der Waals surface area contributed by atoms with Gasteiger partial charge in [-0.2, -0.15) is 0 Å². The van der Waals surface area contributed by atoms with Crippen LogP contribution in [0.4, 0.5) is 0 Å². The van der Waals surface area contributed by atoms with Crippen LogP contribution in [0, 0.1) is 0 Å². The van der Waals surface area contributed by atoms with Crippen LogP contribution in [0.25, 0.3) is 10.8 Å². The largest absolute Gasteiger partial charge is 0.476 e. The Kier molecular flexibility index (Phi) is 2.63. The summed E-state index contributed by atoms with van der Waals surface area (Å²) in [5, 5.41) is 17.8. The minimum Gasteiger partial charge on any atom is -0.476 e. The van der Waals surface area contributed by atoms with E-state index in [0.717, 1.165) is 19.3 Å². The Labute approximate surface area is 111 Å². The first-order valence-corrected chi connectivity index (χ1v) is 6.47. The van der Waals surface area contributed by atoms with Crippen molar-refractivity contribution in [2.24, 2.45) is 0 Å². The average Bonchev–Trinajstić information content (AvgIpc) is 3.01. The van der Waals surface area contributed by atoms with E-state index in [4.69, 9.17) is 14.6 Å². The Bertz CT molecular complexity index is 631. The van der Waals surface area contributed by atoms with Crippen molar-refractivity contribution in [2.75, 3.05) is 0 Å². The summed E-state index contributed by atoms with van der Waals surface area (Å²) in [5.41, 5.74) is 0.656. The fourth-order valence-electron chi connectivity index (χ4n) is 2.15. The Balaban J connectivity index is 2.07. The standard InChI is InChI=1S/C12H9NO5S/c14-11(15)8-9(12(16)17)18-10(13-8)7-4-5-2-1-3-6(5)19-7/h4H,1-3H2,(H,14,15)(H,16,17). The van der Waals surface area contributed by atoms with E-state index in [0.29, 0.717) is 4.88 Å². The van der Waals surface area contributed by atoms with Crippen molar-refractivity contribution in [2.45, 2.75) is 19.3 Å². The van der Waals surface area contributed by atoms with Crippen molar-refractivity contribution < 1.29 is 24.2 Å². The monoisotopic (exact) mass is 279 g/mol. The van der Waals surface area contributed by atoms with Crippen molar-refractivity contribution in [1.82, 2.24) is 4.98 Å². The molecule has 7 heteroatoms. The predicted octanol–water partition coefficient (Wildman–Crippen LogP) is 2.29. The highest BCUT2D eigenvalue weighted by Crippen LogP contribution is 2.36. The van der Waals surface area contributed by atoms with Gasteiger partial charge in [0.05, 0.1) is 4.88 Å². The van der Waals surface area contributed by atoms with Crippen LogP contribution in [0.2, 0.25) is 0 Å². The summed E-state index contributed by atoms with van der Waals surface area (Å²) in [6, 6.07) is 1.90. The third-order valence-corrected chi connectivity index (χ3v) is 4.21. The summed E-state index contributed by atoms with van der Waals surface area (Å²) in [4.78, 5) is 27.5. The quantitative estimate of drug-likeness (QED) is 0.894. The van der Waals surface area contributed by atoms with E-state index in [1.165, 1.54) is 21.8 Å². The van der Waals surface area contributed by atoms with Gasteiger partial charge in [-0.25, -0.2) is 14.6 Å². The van der Waals surface area contributed by atoms with E-state index in [2.05, 4.69) is 4.98 Å². The lowest BCUT2D eigenvalue weighted by Gasteiger charge is -1.89. The summed E-state index contributed by atoms with van der Waals surface area (Å²) in [5.74, 6) is -3.40. The van der Waals surface area contributed by atoms with E-state index in [-0.39, 0.29) is 5.89 Å². The molecule has 2 heterocycles. The minimum absolute atomic E-state index is 0.0641. The maximum Gasteiger partial charge on any atom is 0.374 e. The van der Waals surface area contributed by atoms with Gasteiger partial charge in [0.2, 0.25) is 17.3 Å². The summed E-state index contributed by atoms with van der Waals surface area (Å²) in [6.45, 7) is 0. The second-order valence-corrected chi connectivity index (χ2v) is 5.36. The molecule has 2 N–H and O–H groups in total. The first-order valence-electron chi connectivity index (χ1n) is 5.65. The second kappa shape index (κ2) is 4.20. The summed E-state index contributed by atoms with van der Waals surface area (Å²) in [7, 11) is 0. The number of carboxylic acid groups (broad SMARTS) is 2. The lowest BCUT2D eigenvalue weighted by atomic mass is 10.2. The molecule has 0 amide bonds. The van der Waals surface area contributed by atoms with Crippen molar-refractivity contribution in [1.29, 1.82) is 0 Å². The Morgan fingerprint density at radius 2 is 2.05 bits per heavy atom. The van der Waals surface area contributed by atoms with Gasteiger partial charge in [-0.3, -0.25) is 0 Å². The zero-order valence-corrected chi connectivity index (χ0v) is 10.5. The molecule has 1 aliphatic carbocycles. The third-order valence-electron chi connectivity index (χ3n) is 2.98. The number of hydrogen-bond acceptors (Lipinski definition) is 5. The van der Waals surface area contributed by atoms with E-state index in [1.54, 1.807) is 0 Å². The third kappa shape index (κ3) is 1.91. The van der Waals surface area contributed by atoms with Gasteiger partial charge in [0.15, 0.2) is 0 Å². The molecule has 0 atom stereocenters. The van der Waals surface area contributed by atoms with E-state index in [1.807, 2.05) is 6.07 Å². The maximum absolute atomic E-state index is 10.9. The normalized spacial score (nSPS) is 13.5. The molecule has 1 aliphatic rings.